The van der Waals surface area contributed by atoms with Crippen LogP contribution in [0.3, 0.4) is 0 Å². The number of aliphatic hydroxyl groups excluding tert-OH is 1. The number of aryl methyl sites for hydroxylation is 1. The smallest absolute Gasteiger partial charge is 0.132 e. The minimum atomic E-state index is -0.165. The van der Waals surface area contributed by atoms with Gasteiger partial charge >= 0.3 is 0 Å². The third-order valence-corrected chi connectivity index (χ3v) is 3.91. The number of nitrogens with zero attached hydrogens (tertiary/aromatic N) is 4. The molecule has 1 N–H and O–H groups in total. The van der Waals surface area contributed by atoms with E-state index in [1.165, 1.54) is 0 Å². The first-order valence-electron chi connectivity index (χ1n) is 7.25. The van der Waals surface area contributed by atoms with Gasteiger partial charge in [-0.2, -0.15) is 0 Å². The second kappa shape index (κ2) is 5.77. The number of aliphatic hydroxyl groups is 1. The van der Waals surface area contributed by atoms with Crippen molar-refractivity contribution in [3.8, 4) is 0 Å². The van der Waals surface area contributed by atoms with Crippen LogP contribution in [0.2, 0.25) is 0 Å². The summed E-state index contributed by atoms with van der Waals surface area (Å²) in [6.07, 6.45) is 5.10. The fourth-order valence-electron chi connectivity index (χ4n) is 2.65. The Bertz CT molecular complexity index is 611. The van der Waals surface area contributed by atoms with E-state index in [4.69, 9.17) is 0 Å². The molecule has 0 spiro atoms. The van der Waals surface area contributed by atoms with Crippen LogP contribution in [0.25, 0.3) is 0 Å². The molecule has 3 rings (SSSR count). The van der Waals surface area contributed by atoms with Crippen LogP contribution in [-0.2, 0) is 6.54 Å². The summed E-state index contributed by atoms with van der Waals surface area (Å²) >= 11 is 0. The largest absolute Gasteiger partial charge is 0.393 e. The fourth-order valence-corrected chi connectivity index (χ4v) is 2.65. The van der Waals surface area contributed by atoms with E-state index in [2.05, 4.69) is 25.9 Å². The zero-order chi connectivity index (χ0) is 14.8. The topological polar surface area (TPSA) is 62.1 Å². The van der Waals surface area contributed by atoms with Crippen molar-refractivity contribution in [2.45, 2.75) is 38.3 Å². The Morgan fingerprint density at radius 3 is 2.81 bits per heavy atom. The van der Waals surface area contributed by atoms with E-state index in [9.17, 15) is 5.11 Å². The van der Waals surface area contributed by atoms with Crippen molar-refractivity contribution in [3.63, 3.8) is 0 Å². The molecule has 1 aliphatic rings. The molecule has 1 fully saturated rings. The maximum absolute atomic E-state index is 9.46. The molecule has 2 aromatic rings. The van der Waals surface area contributed by atoms with Crippen LogP contribution in [-0.4, -0.2) is 33.2 Å². The molecule has 5 nitrogen and oxygen atoms in total. The maximum atomic E-state index is 9.46. The van der Waals surface area contributed by atoms with E-state index >= 15 is 0 Å². The van der Waals surface area contributed by atoms with E-state index in [1.807, 2.05) is 32.3 Å². The number of hydrogen-bond donors (Lipinski definition) is 1. The maximum Gasteiger partial charge on any atom is 0.132 e. The van der Waals surface area contributed by atoms with Gasteiger partial charge < -0.3 is 10.0 Å². The van der Waals surface area contributed by atoms with Crippen molar-refractivity contribution in [2.24, 2.45) is 0 Å². The molecule has 0 atom stereocenters. The molecule has 0 saturated heterocycles. The Balaban J connectivity index is 1.78. The first-order valence-corrected chi connectivity index (χ1v) is 7.25. The minimum absolute atomic E-state index is 0.165. The number of rotatable bonds is 4. The highest BCUT2D eigenvalue weighted by Crippen LogP contribution is 2.36. The Hall–Kier alpha value is -2.01. The van der Waals surface area contributed by atoms with Crippen LogP contribution in [0.5, 0.6) is 0 Å². The van der Waals surface area contributed by atoms with E-state index in [0.717, 1.165) is 42.3 Å². The Labute approximate surface area is 124 Å². The Morgan fingerprint density at radius 2 is 2.14 bits per heavy atom. The summed E-state index contributed by atoms with van der Waals surface area (Å²) in [7, 11) is 2.02. The summed E-state index contributed by atoms with van der Waals surface area (Å²) in [4.78, 5) is 15.3. The van der Waals surface area contributed by atoms with Crippen LogP contribution >= 0.6 is 0 Å². The molecule has 5 heteroatoms. The van der Waals surface area contributed by atoms with E-state index < -0.39 is 0 Å². The highest BCUT2D eigenvalue weighted by molar-refractivity contribution is 5.41. The summed E-state index contributed by atoms with van der Waals surface area (Å²) in [5, 5.41) is 9.46. The molecule has 1 aliphatic carbocycles. The van der Waals surface area contributed by atoms with E-state index in [-0.39, 0.29) is 6.10 Å². The molecule has 21 heavy (non-hydrogen) atoms. The third-order valence-electron chi connectivity index (χ3n) is 3.91. The van der Waals surface area contributed by atoms with Crippen LogP contribution in [0.4, 0.5) is 5.82 Å². The van der Waals surface area contributed by atoms with Crippen molar-refractivity contribution in [1.82, 2.24) is 15.0 Å². The third kappa shape index (κ3) is 3.19. The molecule has 1 saturated carbocycles. The van der Waals surface area contributed by atoms with E-state index in [1.54, 1.807) is 6.20 Å². The van der Waals surface area contributed by atoms with Gasteiger partial charge in [0.15, 0.2) is 0 Å². The van der Waals surface area contributed by atoms with Crippen LogP contribution in [0.15, 0.2) is 30.6 Å². The minimum Gasteiger partial charge on any atom is -0.393 e. The average Bonchev–Trinajstić information content (AvgIpc) is 2.44. The van der Waals surface area contributed by atoms with Crippen LogP contribution in [0.1, 0.15) is 35.8 Å². The molecule has 0 radical (unpaired) electrons. The zero-order valence-corrected chi connectivity index (χ0v) is 12.4. The standard InChI is InChI=1S/C16H20N4O/c1-11-18-15(13-6-14(21)7-13)8-16(19-11)20(2)10-12-4-3-5-17-9-12/h3-5,8-9,13-14,21H,6-7,10H2,1-2H3. The molecule has 2 aromatic heterocycles. The fraction of sp³-hybridized carbons (Fsp3) is 0.438. The van der Waals surface area contributed by atoms with Gasteiger partial charge in [0.1, 0.15) is 11.6 Å². The van der Waals surface area contributed by atoms with Crippen LogP contribution in [0, 0.1) is 6.92 Å². The van der Waals surface area contributed by atoms with Gasteiger partial charge in [0.05, 0.1) is 6.10 Å². The van der Waals surface area contributed by atoms with Crippen molar-refractivity contribution in [2.75, 3.05) is 11.9 Å². The summed E-state index contributed by atoms with van der Waals surface area (Å²) in [5.41, 5.74) is 2.19. The van der Waals surface area contributed by atoms with Gasteiger partial charge in [-0.1, -0.05) is 6.07 Å². The Morgan fingerprint density at radius 1 is 1.33 bits per heavy atom. The molecule has 0 unspecified atom stereocenters. The van der Waals surface area contributed by atoms with Gasteiger partial charge in [-0.25, -0.2) is 9.97 Å². The van der Waals surface area contributed by atoms with Crippen molar-refractivity contribution in [3.05, 3.63) is 47.7 Å². The second-order valence-corrected chi connectivity index (χ2v) is 5.74. The van der Waals surface area contributed by atoms with Gasteiger partial charge in [-0.3, -0.25) is 4.98 Å². The highest BCUT2D eigenvalue weighted by atomic mass is 16.3. The predicted molar refractivity (Wildman–Crippen MR) is 81.1 cm³/mol. The molecule has 2 heterocycles. The van der Waals surface area contributed by atoms with Crippen molar-refractivity contribution in [1.29, 1.82) is 0 Å². The predicted octanol–water partition coefficient (Wildman–Crippen LogP) is 2.05. The van der Waals surface area contributed by atoms with E-state index in [0.29, 0.717) is 5.92 Å². The lowest BCUT2D eigenvalue weighted by atomic mass is 9.80. The van der Waals surface area contributed by atoms with Gasteiger partial charge in [0.25, 0.3) is 0 Å². The molecule has 0 aliphatic heterocycles. The molecule has 0 aromatic carbocycles. The SMILES string of the molecule is Cc1nc(C2CC(O)C2)cc(N(C)Cc2cccnc2)n1. The highest BCUT2D eigenvalue weighted by Gasteiger charge is 2.30. The number of pyridine rings is 1. The first-order chi connectivity index (χ1) is 10.1. The number of anilines is 1. The quantitative estimate of drug-likeness (QED) is 0.931. The molecule has 0 amide bonds. The number of aromatic nitrogens is 3. The number of hydrogen-bond acceptors (Lipinski definition) is 5. The first kappa shape index (κ1) is 13.9. The summed E-state index contributed by atoms with van der Waals surface area (Å²) in [5.74, 6) is 2.07. The lowest BCUT2D eigenvalue weighted by molar-refractivity contribution is 0.0731. The zero-order valence-electron chi connectivity index (χ0n) is 12.4. The lowest BCUT2D eigenvalue weighted by Gasteiger charge is -2.31. The van der Waals surface area contributed by atoms with Gasteiger partial charge in [-0.05, 0) is 31.4 Å². The molecule has 0 bridgehead atoms. The molecule has 110 valence electrons. The summed E-state index contributed by atoms with van der Waals surface area (Å²) < 4.78 is 0. The van der Waals surface area contributed by atoms with Gasteiger partial charge in [0, 0.05) is 43.7 Å². The van der Waals surface area contributed by atoms with Crippen molar-refractivity contribution < 1.29 is 5.11 Å². The summed E-state index contributed by atoms with van der Waals surface area (Å²) in [6, 6.07) is 6.04. The normalized spacial score (nSPS) is 20.9. The van der Waals surface area contributed by atoms with Gasteiger partial charge in [0.2, 0.25) is 0 Å². The molecular weight excluding hydrogens is 264 g/mol. The van der Waals surface area contributed by atoms with Gasteiger partial charge in [-0.15, -0.1) is 0 Å². The average molecular weight is 284 g/mol. The summed E-state index contributed by atoms with van der Waals surface area (Å²) in [6.45, 7) is 2.68. The monoisotopic (exact) mass is 284 g/mol. The lowest BCUT2D eigenvalue weighted by Crippen LogP contribution is -2.28. The Kier molecular flexibility index (Phi) is 3.84. The molecular formula is C16H20N4O. The van der Waals surface area contributed by atoms with Crippen LogP contribution < -0.4 is 4.90 Å². The van der Waals surface area contributed by atoms with Crippen molar-refractivity contribution >= 4 is 5.82 Å². The second-order valence-electron chi connectivity index (χ2n) is 5.74.